The van der Waals surface area contributed by atoms with Gasteiger partial charge in [0.1, 0.15) is 42.3 Å². The largest absolute Gasteiger partial charge is 0.508 e. The molecule has 8 rings (SSSR count). The van der Waals surface area contributed by atoms with E-state index in [-0.39, 0.29) is 55.4 Å². The van der Waals surface area contributed by atoms with Gasteiger partial charge < -0.3 is 54.4 Å². The molecule has 7 N–H and O–H groups in total. The number of benzene rings is 3. The predicted octanol–water partition coefficient (Wildman–Crippen LogP) is 6.28. The van der Waals surface area contributed by atoms with Gasteiger partial charge in [-0.25, -0.2) is 9.63 Å². The number of likely N-dealkylation sites (N-methyl/N-ethyl adjacent to an activating group) is 1. The number of carbonyl (C=O) groups is 4. The Balaban J connectivity index is 1.18. The fraction of sp³-hybridized carbons (Fsp3) is 0.500. The Labute approximate surface area is 459 Å². The number of aryl methyl sites for hydroxylation is 1. The average Bonchev–Trinajstić information content (AvgIpc) is 4.21. The molecule has 7 atom stereocenters. The Morgan fingerprint density at radius 3 is 2.53 bits per heavy atom. The van der Waals surface area contributed by atoms with Crippen molar-refractivity contribution in [3.8, 4) is 33.9 Å². The number of pyridine rings is 1. The molecule has 3 amide bonds. The third kappa shape index (κ3) is 13.2. The number of amides is 3. The summed E-state index contributed by atoms with van der Waals surface area (Å²) in [4.78, 5) is 64.6. The molecular formula is C58H76N8O11S. The van der Waals surface area contributed by atoms with Gasteiger partial charge in [-0.05, 0) is 116 Å². The van der Waals surface area contributed by atoms with Crippen LogP contribution in [0.1, 0.15) is 95.2 Å². The molecular weight excluding hydrogens is 1020 g/mol. The molecule has 3 aliphatic heterocycles. The van der Waals surface area contributed by atoms with Crippen molar-refractivity contribution < 1.29 is 52.0 Å². The Hall–Kier alpha value is -6.42. The van der Waals surface area contributed by atoms with Crippen LogP contribution in [0.25, 0.3) is 33.3 Å². The van der Waals surface area contributed by atoms with Gasteiger partial charge in [0.15, 0.2) is 11.1 Å². The monoisotopic (exact) mass is 1090 g/mol. The Morgan fingerprint density at radius 1 is 1.04 bits per heavy atom. The van der Waals surface area contributed by atoms with E-state index in [1.807, 2.05) is 65.0 Å². The number of fused-ring (bicyclic) bond motifs is 6. The number of ether oxygens (including phenoxy) is 4. The normalized spacial score (nSPS) is 20.9. The first-order chi connectivity index (χ1) is 37.3. The molecule has 19 nitrogen and oxygen atoms in total. The SMILES string of the molecule is CCn1c(-c2cc(OCCNCCS(=O)O)cnc2[C@H](C)OC)c2c3cc(ccc31)-c1cc(O)cc(c1)C[C@H](NC(=O)[C@H](C(C)C)N(C)C(=O)[C@@H]1OCC[C@@H]1c1ccc(N)cc1)C(=O)N1CCC[C@H](N1)C(=O)OCC(C)(C)C2. The molecule has 0 radical (unpaired) electrons. The number of nitrogens with one attached hydrogen (secondary N) is 3. The quantitative estimate of drug-likeness (QED) is 0.0260. The van der Waals surface area contributed by atoms with Gasteiger partial charge in [0.05, 0.1) is 36.0 Å². The van der Waals surface area contributed by atoms with E-state index < -0.39 is 64.6 Å². The van der Waals surface area contributed by atoms with Crippen LogP contribution in [0, 0.1) is 11.3 Å². The van der Waals surface area contributed by atoms with Gasteiger partial charge in [-0.15, -0.1) is 0 Å². The van der Waals surface area contributed by atoms with Crippen LogP contribution in [0.2, 0.25) is 0 Å². The molecule has 5 aromatic rings. The first-order valence-electron chi connectivity index (χ1n) is 27.0. The van der Waals surface area contributed by atoms with Crippen LogP contribution >= 0.6 is 0 Å². The minimum Gasteiger partial charge on any atom is -0.508 e. The number of aromatic hydroxyl groups is 1. The number of carbonyl (C=O) groups excluding carboxylic acids is 4. The highest BCUT2D eigenvalue weighted by molar-refractivity contribution is 7.79. The summed E-state index contributed by atoms with van der Waals surface area (Å²) in [6.45, 7) is 14.1. The van der Waals surface area contributed by atoms with Crippen LogP contribution in [0.4, 0.5) is 5.69 Å². The second kappa shape index (κ2) is 25.1. The number of rotatable bonds is 17. The van der Waals surface area contributed by atoms with Gasteiger partial charge in [0.25, 0.3) is 11.8 Å². The number of anilines is 1. The maximum absolute atomic E-state index is 14.9. The number of phenols is 1. The number of phenolic OH excluding ortho intramolecular Hbond substituents is 1. The molecule has 78 heavy (non-hydrogen) atoms. The molecule has 2 saturated heterocycles. The molecule has 0 spiro atoms. The standard InChI is InChI=1S/C58H76N8O11S/c1-9-65-49-17-14-38-29-44(49)46(52(65)45-30-42(32-61-50(45)35(4)74-8)75-23-19-60-20-24-78(72)73)31-58(5,6)33-77-57(71)47-11-10-21-66(63-47)55(69)48(27-36-25-39(38)28-41(67)26-36)62-54(68)51(34(2)3)64(7)56(70)53-43(18-22-76-53)37-12-15-40(59)16-13-37/h12-17,25-26,28-30,32,34-35,43,47-48,51,53,60,63,67H,9-11,18-24,27,31,33,59H2,1-8H3,(H,62,68)(H,72,73)/t35-,43+,47-,48-,51-,53+/m0/s1. The fourth-order valence-electron chi connectivity index (χ4n) is 11.1. The van der Waals surface area contributed by atoms with Gasteiger partial charge in [0.2, 0.25) is 5.91 Å². The summed E-state index contributed by atoms with van der Waals surface area (Å²) >= 11 is -1.90. The highest BCUT2D eigenvalue weighted by Gasteiger charge is 2.42. The van der Waals surface area contributed by atoms with Crippen LogP contribution in [0.5, 0.6) is 11.5 Å². The predicted molar refractivity (Wildman–Crippen MR) is 299 cm³/mol. The highest BCUT2D eigenvalue weighted by atomic mass is 32.2. The van der Waals surface area contributed by atoms with E-state index >= 15 is 0 Å². The lowest BCUT2D eigenvalue weighted by Gasteiger charge is -2.37. The van der Waals surface area contributed by atoms with Crippen LogP contribution < -0.4 is 26.5 Å². The number of nitrogens with zero attached hydrogens (tertiary/aromatic N) is 4. The molecule has 3 aliphatic rings. The van der Waals surface area contributed by atoms with Crippen molar-refractivity contribution in [1.82, 2.24) is 35.5 Å². The van der Waals surface area contributed by atoms with Gasteiger partial charge >= 0.3 is 5.97 Å². The van der Waals surface area contributed by atoms with Crippen LogP contribution in [-0.4, -0.2) is 141 Å². The van der Waals surface area contributed by atoms with Gasteiger partial charge in [0, 0.05) is 86.9 Å². The summed E-state index contributed by atoms with van der Waals surface area (Å²) in [5.41, 5.74) is 16.3. The van der Waals surface area contributed by atoms with E-state index in [1.165, 1.54) is 9.91 Å². The number of aromatic nitrogens is 2. The summed E-state index contributed by atoms with van der Waals surface area (Å²) in [5, 5.41) is 20.0. The Morgan fingerprint density at radius 2 is 1.81 bits per heavy atom. The number of nitrogens with two attached hydrogens (primary N) is 1. The van der Waals surface area contributed by atoms with Crippen LogP contribution in [0.15, 0.2) is 72.9 Å². The number of nitrogen functional groups attached to an aromatic ring is 1. The summed E-state index contributed by atoms with van der Waals surface area (Å²) in [5.74, 6) is -1.96. The minimum absolute atomic E-state index is 0.0412. The molecule has 20 heteroatoms. The third-order valence-electron chi connectivity index (χ3n) is 15.1. The van der Waals surface area contributed by atoms with E-state index in [4.69, 9.17) is 29.7 Å². The molecule has 1 unspecified atom stereocenters. The third-order valence-corrected chi connectivity index (χ3v) is 15.7. The molecule has 2 fully saturated rings. The topological polar surface area (TPSA) is 249 Å². The van der Waals surface area contributed by atoms with E-state index in [2.05, 4.69) is 39.7 Å². The van der Waals surface area contributed by atoms with E-state index in [1.54, 1.807) is 44.6 Å². The fourth-order valence-corrected chi connectivity index (χ4v) is 11.5. The number of cyclic esters (lactones) is 1. The van der Waals surface area contributed by atoms with Crippen molar-refractivity contribution in [3.05, 3.63) is 95.3 Å². The van der Waals surface area contributed by atoms with Gasteiger partial charge in [-0.1, -0.05) is 52.0 Å². The Bertz CT molecular complexity index is 3000. The lowest BCUT2D eigenvalue weighted by Crippen LogP contribution is -2.62. The van der Waals surface area contributed by atoms with E-state index in [9.17, 15) is 33.0 Å². The summed E-state index contributed by atoms with van der Waals surface area (Å²) < 4.78 is 46.9. The maximum Gasteiger partial charge on any atom is 0.324 e. The van der Waals surface area contributed by atoms with Crippen molar-refractivity contribution in [2.24, 2.45) is 11.3 Å². The molecule has 3 aromatic carbocycles. The molecule has 0 saturated carbocycles. The molecule has 6 bridgehead atoms. The van der Waals surface area contributed by atoms with Crippen LogP contribution in [0.3, 0.4) is 0 Å². The average molecular weight is 1090 g/mol. The summed E-state index contributed by atoms with van der Waals surface area (Å²) in [6.07, 6.45) is 2.32. The van der Waals surface area contributed by atoms with Crippen LogP contribution in [-0.2, 0) is 63.9 Å². The number of methoxy groups -OCH3 is 1. The van der Waals surface area contributed by atoms with Crippen molar-refractivity contribution in [3.63, 3.8) is 0 Å². The summed E-state index contributed by atoms with van der Waals surface area (Å²) in [6, 6.07) is 17.6. The Kier molecular flexibility index (Phi) is 18.6. The number of hydrogen-bond donors (Lipinski definition) is 6. The zero-order valence-electron chi connectivity index (χ0n) is 46.0. The zero-order chi connectivity index (χ0) is 56.0. The molecule has 2 aromatic heterocycles. The maximum atomic E-state index is 14.9. The smallest absolute Gasteiger partial charge is 0.324 e. The summed E-state index contributed by atoms with van der Waals surface area (Å²) in [7, 11) is 3.22. The number of hydrogen-bond acceptors (Lipinski definition) is 14. The lowest BCUT2D eigenvalue weighted by molar-refractivity contribution is -0.155. The molecule has 5 heterocycles. The van der Waals surface area contributed by atoms with Crippen molar-refractivity contribution >= 4 is 51.4 Å². The van der Waals surface area contributed by atoms with Crippen molar-refractivity contribution in [1.29, 1.82) is 0 Å². The highest BCUT2D eigenvalue weighted by Crippen LogP contribution is 2.43. The van der Waals surface area contributed by atoms with Crippen molar-refractivity contribution in [2.75, 3.05) is 65.1 Å². The minimum atomic E-state index is -1.90. The lowest BCUT2D eigenvalue weighted by atomic mass is 9.84. The first kappa shape index (κ1) is 57.7. The second-order valence-corrected chi connectivity index (χ2v) is 22.9. The first-order valence-corrected chi connectivity index (χ1v) is 28.3. The second-order valence-electron chi connectivity index (χ2n) is 21.8. The van der Waals surface area contributed by atoms with Gasteiger partial charge in [-0.3, -0.25) is 29.2 Å². The molecule has 0 aliphatic carbocycles. The molecule has 420 valence electrons. The van der Waals surface area contributed by atoms with E-state index in [0.717, 1.165) is 38.9 Å². The number of hydrazine groups is 1. The van der Waals surface area contributed by atoms with Crippen molar-refractivity contribution in [2.45, 2.75) is 116 Å². The van der Waals surface area contributed by atoms with Gasteiger partial charge in [-0.2, -0.15) is 0 Å². The number of esters is 1. The zero-order valence-corrected chi connectivity index (χ0v) is 46.8. The van der Waals surface area contributed by atoms with E-state index in [0.29, 0.717) is 80.2 Å².